The van der Waals surface area contributed by atoms with Crippen molar-refractivity contribution in [3.05, 3.63) is 11.5 Å². The van der Waals surface area contributed by atoms with E-state index in [4.69, 9.17) is 10.5 Å². The molecule has 18 heavy (non-hydrogen) atoms. The van der Waals surface area contributed by atoms with Crippen molar-refractivity contribution in [2.45, 2.75) is 13.5 Å². The number of methoxy groups -OCH3 is 1. The molecule has 0 fully saturated rings. The SMILES string of the molecule is COCc1nnc2sc(-c3sc(N)nc3C)nn12. The maximum Gasteiger partial charge on any atom is 0.235 e. The normalized spacial score (nSPS) is 11.4. The van der Waals surface area contributed by atoms with Gasteiger partial charge in [0, 0.05) is 7.11 Å². The third-order valence-corrected chi connectivity index (χ3v) is 4.38. The third kappa shape index (κ3) is 1.76. The summed E-state index contributed by atoms with van der Waals surface area (Å²) in [4.78, 5) is 5.91. The number of ether oxygens (including phenoxy) is 1. The number of thiazole rings is 1. The molecule has 0 aliphatic heterocycles. The van der Waals surface area contributed by atoms with Gasteiger partial charge in [0.1, 0.15) is 6.61 Å². The summed E-state index contributed by atoms with van der Waals surface area (Å²) in [6.07, 6.45) is 0. The second kappa shape index (κ2) is 4.26. The largest absolute Gasteiger partial charge is 0.377 e. The Balaban J connectivity index is 2.11. The number of rotatable bonds is 3. The number of aromatic nitrogens is 5. The van der Waals surface area contributed by atoms with Gasteiger partial charge in [-0.2, -0.15) is 9.61 Å². The molecule has 0 saturated heterocycles. The fraction of sp³-hybridized carbons (Fsp3) is 0.333. The smallest absolute Gasteiger partial charge is 0.235 e. The van der Waals surface area contributed by atoms with E-state index in [0.29, 0.717) is 17.6 Å². The minimum Gasteiger partial charge on any atom is -0.377 e. The summed E-state index contributed by atoms with van der Waals surface area (Å²) < 4.78 is 6.74. The van der Waals surface area contributed by atoms with Crippen molar-refractivity contribution in [3.8, 4) is 9.88 Å². The van der Waals surface area contributed by atoms with Crippen molar-refractivity contribution in [1.82, 2.24) is 24.8 Å². The number of nitrogen functional groups attached to an aromatic ring is 1. The molecule has 0 atom stereocenters. The minimum atomic E-state index is 0.383. The average Bonchev–Trinajstić information content (AvgIpc) is 2.95. The van der Waals surface area contributed by atoms with Gasteiger partial charge in [0.2, 0.25) is 4.96 Å². The molecule has 0 aliphatic carbocycles. The van der Waals surface area contributed by atoms with Crippen LogP contribution in [-0.2, 0) is 11.3 Å². The molecular weight excluding hydrogens is 272 g/mol. The van der Waals surface area contributed by atoms with Gasteiger partial charge in [-0.1, -0.05) is 22.7 Å². The number of hydrogen-bond donors (Lipinski definition) is 1. The Hall–Kier alpha value is -1.58. The van der Waals surface area contributed by atoms with Gasteiger partial charge >= 0.3 is 0 Å². The van der Waals surface area contributed by atoms with Crippen LogP contribution in [-0.4, -0.2) is 31.9 Å². The Morgan fingerprint density at radius 3 is 2.83 bits per heavy atom. The highest BCUT2D eigenvalue weighted by Gasteiger charge is 2.16. The lowest BCUT2D eigenvalue weighted by Gasteiger charge is -1.93. The molecule has 3 aromatic rings. The van der Waals surface area contributed by atoms with Gasteiger partial charge in [0.05, 0.1) is 10.6 Å². The number of fused-ring (bicyclic) bond motifs is 1. The van der Waals surface area contributed by atoms with Crippen molar-refractivity contribution in [1.29, 1.82) is 0 Å². The maximum atomic E-state index is 5.69. The van der Waals surface area contributed by atoms with Crippen molar-refractivity contribution in [2.24, 2.45) is 0 Å². The predicted molar refractivity (Wildman–Crippen MR) is 69.6 cm³/mol. The van der Waals surface area contributed by atoms with Gasteiger partial charge in [0.25, 0.3) is 0 Å². The summed E-state index contributed by atoms with van der Waals surface area (Å²) in [5, 5.41) is 13.9. The standard InChI is InChI=1S/C9H10N6OS2/c1-4-6(17-8(10)11-4)7-14-15-5(3-16-2)12-13-9(15)18-7/h3H2,1-2H3,(H2,10,11). The molecule has 0 aromatic carbocycles. The van der Waals surface area contributed by atoms with Crippen molar-refractivity contribution in [3.63, 3.8) is 0 Å². The topological polar surface area (TPSA) is 91.2 Å². The zero-order valence-corrected chi connectivity index (χ0v) is 11.4. The Morgan fingerprint density at radius 2 is 2.17 bits per heavy atom. The van der Waals surface area contributed by atoms with E-state index in [-0.39, 0.29) is 0 Å². The quantitative estimate of drug-likeness (QED) is 0.779. The summed E-state index contributed by atoms with van der Waals surface area (Å²) >= 11 is 2.89. The first kappa shape index (κ1) is 11.5. The number of aryl methyl sites for hydroxylation is 1. The van der Waals surface area contributed by atoms with E-state index in [1.165, 1.54) is 22.7 Å². The Labute approximate surface area is 110 Å². The molecule has 3 aromatic heterocycles. The van der Waals surface area contributed by atoms with E-state index in [0.717, 1.165) is 20.5 Å². The molecule has 9 heteroatoms. The van der Waals surface area contributed by atoms with Crippen LogP contribution in [0.1, 0.15) is 11.5 Å². The van der Waals surface area contributed by atoms with Crippen LogP contribution >= 0.6 is 22.7 Å². The van der Waals surface area contributed by atoms with E-state index in [9.17, 15) is 0 Å². The van der Waals surface area contributed by atoms with Crippen LogP contribution < -0.4 is 5.73 Å². The van der Waals surface area contributed by atoms with Gasteiger partial charge in [-0.25, -0.2) is 4.98 Å². The molecule has 3 heterocycles. The molecule has 7 nitrogen and oxygen atoms in total. The first-order valence-corrected chi connectivity index (χ1v) is 6.75. The monoisotopic (exact) mass is 282 g/mol. The molecular formula is C9H10N6OS2. The van der Waals surface area contributed by atoms with Crippen LogP contribution in [0.5, 0.6) is 0 Å². The molecule has 0 unspecified atom stereocenters. The second-order valence-electron chi connectivity index (χ2n) is 3.62. The van der Waals surface area contributed by atoms with Crippen molar-refractivity contribution < 1.29 is 4.74 Å². The molecule has 0 saturated carbocycles. The zero-order chi connectivity index (χ0) is 12.7. The van der Waals surface area contributed by atoms with E-state index in [2.05, 4.69) is 20.3 Å². The molecule has 0 amide bonds. The third-order valence-electron chi connectivity index (χ3n) is 2.34. The van der Waals surface area contributed by atoms with Gasteiger partial charge in [-0.05, 0) is 6.92 Å². The summed E-state index contributed by atoms with van der Waals surface area (Å²) in [6, 6.07) is 0. The van der Waals surface area contributed by atoms with Crippen LogP contribution in [0.25, 0.3) is 14.8 Å². The summed E-state index contributed by atoms with van der Waals surface area (Å²) in [5.41, 5.74) is 6.58. The number of nitrogens with two attached hydrogens (primary N) is 1. The fourth-order valence-corrected chi connectivity index (χ4v) is 3.40. The van der Waals surface area contributed by atoms with Gasteiger partial charge in [0.15, 0.2) is 16.0 Å². The highest BCUT2D eigenvalue weighted by molar-refractivity contribution is 7.25. The zero-order valence-electron chi connectivity index (χ0n) is 9.75. The lowest BCUT2D eigenvalue weighted by atomic mass is 10.4. The molecule has 2 N–H and O–H groups in total. The van der Waals surface area contributed by atoms with Crippen LogP contribution in [0, 0.1) is 6.92 Å². The number of anilines is 1. The molecule has 94 valence electrons. The first-order chi connectivity index (χ1) is 8.69. The Bertz CT molecular complexity index is 699. The molecule has 0 spiro atoms. The average molecular weight is 282 g/mol. The van der Waals surface area contributed by atoms with Gasteiger partial charge in [-0.15, -0.1) is 10.2 Å². The summed E-state index contributed by atoms with van der Waals surface area (Å²) in [7, 11) is 1.61. The number of nitrogens with zero attached hydrogens (tertiary/aromatic N) is 5. The summed E-state index contributed by atoms with van der Waals surface area (Å²) in [6.45, 7) is 2.30. The van der Waals surface area contributed by atoms with E-state index in [1.54, 1.807) is 11.6 Å². The van der Waals surface area contributed by atoms with Crippen molar-refractivity contribution in [2.75, 3.05) is 12.8 Å². The number of hydrogen-bond acceptors (Lipinski definition) is 8. The maximum absolute atomic E-state index is 5.69. The highest BCUT2D eigenvalue weighted by Crippen LogP contribution is 2.33. The second-order valence-corrected chi connectivity index (χ2v) is 5.60. The minimum absolute atomic E-state index is 0.383. The first-order valence-electron chi connectivity index (χ1n) is 5.12. The van der Waals surface area contributed by atoms with E-state index < -0.39 is 0 Å². The lowest BCUT2D eigenvalue weighted by molar-refractivity contribution is 0.176. The van der Waals surface area contributed by atoms with E-state index >= 15 is 0 Å². The van der Waals surface area contributed by atoms with Crippen molar-refractivity contribution >= 4 is 32.8 Å². The van der Waals surface area contributed by atoms with E-state index in [1.807, 2.05) is 6.92 Å². The van der Waals surface area contributed by atoms with Gasteiger partial charge < -0.3 is 10.5 Å². The van der Waals surface area contributed by atoms with Crippen LogP contribution in [0.4, 0.5) is 5.13 Å². The molecule has 0 aliphatic rings. The molecule has 0 bridgehead atoms. The predicted octanol–water partition coefficient (Wildman–Crippen LogP) is 1.35. The molecule has 3 rings (SSSR count). The summed E-state index contributed by atoms with van der Waals surface area (Å²) in [5.74, 6) is 0.685. The Morgan fingerprint density at radius 1 is 1.33 bits per heavy atom. The van der Waals surface area contributed by atoms with Crippen LogP contribution in [0.15, 0.2) is 0 Å². The molecule has 0 radical (unpaired) electrons. The van der Waals surface area contributed by atoms with Crippen LogP contribution in [0.2, 0.25) is 0 Å². The van der Waals surface area contributed by atoms with Crippen LogP contribution in [0.3, 0.4) is 0 Å². The highest BCUT2D eigenvalue weighted by atomic mass is 32.1. The van der Waals surface area contributed by atoms with Gasteiger partial charge in [-0.3, -0.25) is 0 Å². The fourth-order valence-electron chi connectivity index (χ4n) is 1.58. The lowest BCUT2D eigenvalue weighted by Crippen LogP contribution is -1.97. The Kier molecular flexibility index (Phi) is 2.73.